The predicted molar refractivity (Wildman–Crippen MR) is 104 cm³/mol. The highest BCUT2D eigenvalue weighted by molar-refractivity contribution is 6.03. The van der Waals surface area contributed by atoms with Gasteiger partial charge in [-0.05, 0) is 41.1 Å². The standard InChI is InChI=1S/C21H17N3O2/c1-2-13-26-20-12-9-15-5-3-4-6-18(15)19(20)14-23-24-21(25)16-7-10-17(22)11-8-16/h1,3-12,14H,13,22H2,(H,24,25)/b23-14-. The second kappa shape index (κ2) is 7.86. The molecule has 0 radical (unpaired) electrons. The van der Waals surface area contributed by atoms with Crippen LogP contribution in [0.3, 0.4) is 0 Å². The van der Waals surface area contributed by atoms with Gasteiger partial charge in [0.05, 0.1) is 6.21 Å². The summed E-state index contributed by atoms with van der Waals surface area (Å²) in [5.41, 5.74) is 9.94. The van der Waals surface area contributed by atoms with Gasteiger partial charge in [0.15, 0.2) is 0 Å². The number of anilines is 1. The summed E-state index contributed by atoms with van der Waals surface area (Å²) in [6, 6.07) is 18.2. The number of nitrogens with zero attached hydrogens (tertiary/aromatic N) is 1. The van der Waals surface area contributed by atoms with E-state index in [1.165, 1.54) is 0 Å². The van der Waals surface area contributed by atoms with Crippen LogP contribution in [0.4, 0.5) is 5.69 Å². The minimum absolute atomic E-state index is 0.150. The molecule has 128 valence electrons. The number of benzene rings is 3. The zero-order valence-electron chi connectivity index (χ0n) is 14.0. The van der Waals surface area contributed by atoms with Crippen molar-refractivity contribution in [2.75, 3.05) is 12.3 Å². The van der Waals surface area contributed by atoms with Gasteiger partial charge in [-0.2, -0.15) is 5.10 Å². The Balaban J connectivity index is 1.86. The number of nitrogens with one attached hydrogen (secondary N) is 1. The second-order valence-electron chi connectivity index (χ2n) is 5.51. The normalized spacial score (nSPS) is 10.6. The molecule has 3 rings (SSSR count). The number of terminal acetylenes is 1. The summed E-state index contributed by atoms with van der Waals surface area (Å²) >= 11 is 0. The summed E-state index contributed by atoms with van der Waals surface area (Å²) < 4.78 is 5.60. The number of rotatable bonds is 5. The molecule has 0 saturated carbocycles. The third-order valence-corrected chi connectivity index (χ3v) is 3.77. The number of ether oxygens (including phenoxy) is 1. The van der Waals surface area contributed by atoms with Crippen LogP contribution in [0.2, 0.25) is 0 Å². The number of hydrogen-bond acceptors (Lipinski definition) is 4. The molecule has 0 unspecified atom stereocenters. The number of nitrogens with two attached hydrogens (primary N) is 1. The first kappa shape index (κ1) is 17.1. The fourth-order valence-corrected chi connectivity index (χ4v) is 2.51. The summed E-state index contributed by atoms with van der Waals surface area (Å²) in [6.45, 7) is 0.150. The van der Waals surface area contributed by atoms with E-state index in [1.807, 2.05) is 36.4 Å². The van der Waals surface area contributed by atoms with Gasteiger partial charge in [0, 0.05) is 16.8 Å². The molecule has 5 nitrogen and oxygen atoms in total. The highest BCUT2D eigenvalue weighted by Crippen LogP contribution is 2.26. The SMILES string of the molecule is C#CCOc1ccc2ccccc2c1/C=N\NC(=O)c1ccc(N)cc1. The maximum absolute atomic E-state index is 12.1. The van der Waals surface area contributed by atoms with Crippen molar-refractivity contribution in [2.45, 2.75) is 0 Å². The third kappa shape index (κ3) is 3.82. The monoisotopic (exact) mass is 343 g/mol. The molecule has 3 aromatic carbocycles. The van der Waals surface area contributed by atoms with E-state index >= 15 is 0 Å². The van der Waals surface area contributed by atoms with Crippen molar-refractivity contribution >= 4 is 28.6 Å². The molecule has 0 aliphatic carbocycles. The zero-order valence-corrected chi connectivity index (χ0v) is 14.0. The second-order valence-corrected chi connectivity index (χ2v) is 5.51. The Morgan fingerprint density at radius 2 is 1.92 bits per heavy atom. The van der Waals surface area contributed by atoms with Crippen LogP contribution in [0.5, 0.6) is 5.75 Å². The van der Waals surface area contributed by atoms with Gasteiger partial charge in [-0.1, -0.05) is 36.3 Å². The number of hydrogen-bond donors (Lipinski definition) is 2. The Labute approximate surface area is 151 Å². The molecule has 5 heteroatoms. The van der Waals surface area contributed by atoms with Crippen molar-refractivity contribution in [3.63, 3.8) is 0 Å². The maximum atomic E-state index is 12.1. The van der Waals surface area contributed by atoms with Gasteiger partial charge in [0.2, 0.25) is 0 Å². The fraction of sp³-hybridized carbons (Fsp3) is 0.0476. The van der Waals surface area contributed by atoms with Crippen LogP contribution in [0.25, 0.3) is 10.8 Å². The van der Waals surface area contributed by atoms with Crippen molar-refractivity contribution < 1.29 is 9.53 Å². The van der Waals surface area contributed by atoms with Gasteiger partial charge in [0.1, 0.15) is 12.4 Å². The summed E-state index contributed by atoms with van der Waals surface area (Å²) in [5.74, 6) is 2.72. The van der Waals surface area contributed by atoms with Crippen molar-refractivity contribution in [1.29, 1.82) is 0 Å². The number of fused-ring (bicyclic) bond motifs is 1. The van der Waals surface area contributed by atoms with Gasteiger partial charge in [-0.15, -0.1) is 6.42 Å². The fourth-order valence-electron chi connectivity index (χ4n) is 2.51. The van der Waals surface area contributed by atoms with E-state index in [-0.39, 0.29) is 12.5 Å². The molecule has 0 saturated heterocycles. The average Bonchev–Trinajstić information content (AvgIpc) is 2.67. The highest BCUT2D eigenvalue weighted by atomic mass is 16.5. The lowest BCUT2D eigenvalue weighted by molar-refractivity contribution is 0.0955. The highest BCUT2D eigenvalue weighted by Gasteiger charge is 2.08. The van der Waals surface area contributed by atoms with Crippen LogP contribution < -0.4 is 15.9 Å². The van der Waals surface area contributed by atoms with Crippen molar-refractivity contribution in [3.05, 3.63) is 71.8 Å². The lowest BCUT2D eigenvalue weighted by Crippen LogP contribution is -2.17. The van der Waals surface area contributed by atoms with Crippen molar-refractivity contribution in [1.82, 2.24) is 5.43 Å². The van der Waals surface area contributed by atoms with Gasteiger partial charge >= 0.3 is 0 Å². The minimum Gasteiger partial charge on any atom is -0.480 e. The smallest absolute Gasteiger partial charge is 0.271 e. The number of carbonyl (C=O) groups is 1. The third-order valence-electron chi connectivity index (χ3n) is 3.77. The van der Waals surface area contributed by atoms with Crippen LogP contribution in [0.1, 0.15) is 15.9 Å². The number of amides is 1. The van der Waals surface area contributed by atoms with E-state index in [0.717, 1.165) is 16.3 Å². The Kier molecular flexibility index (Phi) is 5.16. The number of carbonyl (C=O) groups excluding carboxylic acids is 1. The predicted octanol–water partition coefficient (Wildman–Crippen LogP) is 3.20. The molecule has 0 aliphatic heterocycles. The van der Waals surface area contributed by atoms with Crippen molar-refractivity contribution in [2.24, 2.45) is 5.10 Å². The zero-order chi connectivity index (χ0) is 18.4. The molecular formula is C21H17N3O2. The van der Waals surface area contributed by atoms with Gasteiger partial charge in [0.25, 0.3) is 5.91 Å². The molecule has 0 atom stereocenters. The van der Waals surface area contributed by atoms with E-state index in [4.69, 9.17) is 16.9 Å². The molecule has 26 heavy (non-hydrogen) atoms. The summed E-state index contributed by atoms with van der Waals surface area (Å²) in [4.78, 5) is 12.1. The molecule has 0 bridgehead atoms. The van der Waals surface area contributed by atoms with Crippen LogP contribution in [-0.2, 0) is 0 Å². The molecule has 3 aromatic rings. The number of hydrazone groups is 1. The van der Waals surface area contributed by atoms with E-state index in [0.29, 0.717) is 17.0 Å². The first-order chi connectivity index (χ1) is 12.7. The largest absolute Gasteiger partial charge is 0.480 e. The first-order valence-corrected chi connectivity index (χ1v) is 7.96. The van der Waals surface area contributed by atoms with E-state index < -0.39 is 0 Å². The van der Waals surface area contributed by atoms with Gasteiger partial charge in [-0.3, -0.25) is 4.79 Å². The number of nitrogen functional groups attached to an aromatic ring is 1. The Hall–Kier alpha value is -3.78. The van der Waals surface area contributed by atoms with E-state index in [2.05, 4.69) is 16.4 Å². The quantitative estimate of drug-likeness (QED) is 0.323. The lowest BCUT2D eigenvalue weighted by Gasteiger charge is -2.09. The topological polar surface area (TPSA) is 76.7 Å². The Morgan fingerprint density at radius 1 is 1.15 bits per heavy atom. The molecule has 0 aromatic heterocycles. The van der Waals surface area contributed by atoms with Crippen LogP contribution in [0.15, 0.2) is 65.8 Å². The van der Waals surface area contributed by atoms with E-state index in [9.17, 15) is 4.79 Å². The first-order valence-electron chi connectivity index (χ1n) is 7.96. The minimum atomic E-state index is -0.326. The van der Waals surface area contributed by atoms with Crippen LogP contribution in [0, 0.1) is 12.3 Å². The van der Waals surface area contributed by atoms with Crippen molar-refractivity contribution in [3.8, 4) is 18.1 Å². The molecule has 3 N–H and O–H groups in total. The average molecular weight is 343 g/mol. The molecule has 0 heterocycles. The molecule has 0 aliphatic rings. The molecular weight excluding hydrogens is 326 g/mol. The maximum Gasteiger partial charge on any atom is 0.271 e. The Bertz CT molecular complexity index is 1000. The summed E-state index contributed by atoms with van der Waals surface area (Å²) in [6.07, 6.45) is 6.84. The summed E-state index contributed by atoms with van der Waals surface area (Å²) in [7, 11) is 0. The molecule has 1 amide bonds. The van der Waals surface area contributed by atoms with Gasteiger partial charge in [-0.25, -0.2) is 5.43 Å². The van der Waals surface area contributed by atoms with Crippen LogP contribution in [-0.4, -0.2) is 18.7 Å². The van der Waals surface area contributed by atoms with Crippen LogP contribution >= 0.6 is 0 Å². The Morgan fingerprint density at radius 3 is 2.69 bits per heavy atom. The molecule has 0 spiro atoms. The van der Waals surface area contributed by atoms with Gasteiger partial charge < -0.3 is 10.5 Å². The summed E-state index contributed by atoms with van der Waals surface area (Å²) in [5, 5.41) is 6.06. The molecule has 0 fully saturated rings. The van der Waals surface area contributed by atoms with E-state index in [1.54, 1.807) is 30.5 Å². The lowest BCUT2D eigenvalue weighted by atomic mass is 10.0.